The molecule has 0 unspecified atom stereocenters. The Kier molecular flexibility index (Phi) is 2.56. The molecule has 12 heavy (non-hydrogen) atoms. The number of likely N-dealkylation sites (N-methyl/N-ethyl adjacent to an activating group) is 1. The summed E-state index contributed by atoms with van der Waals surface area (Å²) in [6.07, 6.45) is 3.15. The van der Waals surface area contributed by atoms with E-state index in [1.807, 2.05) is 0 Å². The summed E-state index contributed by atoms with van der Waals surface area (Å²) in [4.78, 5) is 12.3. The van der Waals surface area contributed by atoms with Crippen molar-refractivity contribution in [3.8, 4) is 0 Å². The minimum Gasteiger partial charge on any atom is -0.478 e. The van der Waals surface area contributed by atoms with Gasteiger partial charge in [-0.25, -0.2) is 4.79 Å². The van der Waals surface area contributed by atoms with Crippen LogP contribution in [0.3, 0.4) is 0 Å². The van der Waals surface area contributed by atoms with Gasteiger partial charge in [0.05, 0.1) is 5.57 Å². The van der Waals surface area contributed by atoms with E-state index >= 15 is 0 Å². The zero-order valence-corrected chi connectivity index (χ0v) is 8.70. The lowest BCUT2D eigenvalue weighted by atomic mass is 10.2. The van der Waals surface area contributed by atoms with E-state index in [-0.39, 0.29) is 5.57 Å². The Morgan fingerprint density at radius 3 is 2.75 bits per heavy atom. The number of carbonyl (C=O) groups is 1. The SMILES string of the molecule is C=C1C(I)=CC(C(=O)O)=CN1C. The van der Waals surface area contributed by atoms with Crippen molar-refractivity contribution in [1.82, 2.24) is 4.90 Å². The summed E-state index contributed by atoms with van der Waals surface area (Å²) < 4.78 is 0.856. The Morgan fingerprint density at radius 1 is 1.75 bits per heavy atom. The molecule has 64 valence electrons. The zero-order chi connectivity index (χ0) is 9.30. The second kappa shape index (κ2) is 3.30. The maximum atomic E-state index is 10.6. The normalized spacial score (nSPS) is 17.2. The van der Waals surface area contributed by atoms with Gasteiger partial charge in [-0.3, -0.25) is 0 Å². The molecule has 0 saturated carbocycles. The molecule has 3 nitrogen and oxygen atoms in total. The Hall–Kier alpha value is -0.780. The van der Waals surface area contributed by atoms with E-state index in [1.165, 1.54) is 0 Å². The highest BCUT2D eigenvalue weighted by Gasteiger charge is 2.15. The summed E-state index contributed by atoms with van der Waals surface area (Å²) in [6, 6.07) is 0. The van der Waals surface area contributed by atoms with Gasteiger partial charge in [0.2, 0.25) is 0 Å². The zero-order valence-electron chi connectivity index (χ0n) is 6.54. The molecule has 0 aliphatic carbocycles. The molecule has 0 aromatic rings. The minimum absolute atomic E-state index is 0.286. The lowest BCUT2D eigenvalue weighted by molar-refractivity contribution is -0.132. The van der Waals surface area contributed by atoms with Crippen molar-refractivity contribution in [2.75, 3.05) is 7.05 Å². The Labute approximate surface area is 84.2 Å². The highest BCUT2D eigenvalue weighted by atomic mass is 127. The molecule has 0 atom stereocenters. The van der Waals surface area contributed by atoms with E-state index in [0.717, 1.165) is 9.28 Å². The third-order valence-electron chi connectivity index (χ3n) is 1.56. The molecule has 0 fully saturated rings. The van der Waals surface area contributed by atoms with Crippen LogP contribution in [-0.2, 0) is 4.79 Å². The molecule has 1 rings (SSSR count). The number of aliphatic carboxylic acids is 1. The summed E-state index contributed by atoms with van der Waals surface area (Å²) >= 11 is 2.06. The van der Waals surface area contributed by atoms with Crippen LogP contribution in [0.2, 0.25) is 0 Å². The highest BCUT2D eigenvalue weighted by molar-refractivity contribution is 14.1. The monoisotopic (exact) mass is 277 g/mol. The van der Waals surface area contributed by atoms with Gasteiger partial charge in [-0.1, -0.05) is 6.58 Å². The number of halogens is 1. The Morgan fingerprint density at radius 2 is 2.33 bits per heavy atom. The van der Waals surface area contributed by atoms with Crippen LogP contribution < -0.4 is 0 Å². The first-order valence-electron chi connectivity index (χ1n) is 3.27. The molecule has 0 aromatic carbocycles. The van der Waals surface area contributed by atoms with Gasteiger partial charge in [-0.15, -0.1) is 0 Å². The van der Waals surface area contributed by atoms with Crippen molar-refractivity contribution < 1.29 is 9.90 Å². The van der Waals surface area contributed by atoms with Crippen LogP contribution in [0.1, 0.15) is 0 Å². The van der Waals surface area contributed by atoms with Crippen LogP contribution in [-0.4, -0.2) is 23.0 Å². The fourth-order valence-corrected chi connectivity index (χ4v) is 1.55. The quantitative estimate of drug-likeness (QED) is 0.742. The molecule has 0 aromatic heterocycles. The number of hydrogen-bond donors (Lipinski definition) is 1. The molecule has 0 amide bonds. The van der Waals surface area contributed by atoms with E-state index < -0.39 is 5.97 Å². The van der Waals surface area contributed by atoms with Gasteiger partial charge in [0, 0.05) is 22.5 Å². The summed E-state index contributed by atoms with van der Waals surface area (Å²) in [7, 11) is 1.77. The average molecular weight is 277 g/mol. The van der Waals surface area contributed by atoms with Gasteiger partial charge in [0.1, 0.15) is 0 Å². The van der Waals surface area contributed by atoms with Crippen molar-refractivity contribution in [2.45, 2.75) is 0 Å². The molecule has 0 saturated heterocycles. The maximum absolute atomic E-state index is 10.6. The van der Waals surface area contributed by atoms with Crippen LogP contribution in [0.5, 0.6) is 0 Å². The topological polar surface area (TPSA) is 40.5 Å². The molecule has 1 heterocycles. The first-order chi connectivity index (χ1) is 5.52. The van der Waals surface area contributed by atoms with E-state index in [1.54, 1.807) is 24.2 Å². The van der Waals surface area contributed by atoms with Crippen molar-refractivity contribution in [2.24, 2.45) is 0 Å². The van der Waals surface area contributed by atoms with Gasteiger partial charge in [-0.05, 0) is 28.7 Å². The third kappa shape index (κ3) is 1.69. The summed E-state index contributed by atoms with van der Waals surface area (Å²) in [5, 5.41) is 8.69. The predicted octanol–water partition coefficient (Wildman–Crippen LogP) is 1.73. The van der Waals surface area contributed by atoms with Gasteiger partial charge in [-0.2, -0.15) is 0 Å². The predicted molar refractivity (Wildman–Crippen MR) is 54.7 cm³/mol. The van der Waals surface area contributed by atoms with Gasteiger partial charge in [0.15, 0.2) is 0 Å². The minimum atomic E-state index is -0.913. The van der Waals surface area contributed by atoms with E-state index in [4.69, 9.17) is 5.11 Å². The standard InChI is InChI=1S/C8H8INO2/c1-5-7(9)3-6(8(11)12)4-10(5)2/h3-4H,1H2,2H3,(H,11,12). The molecule has 0 spiro atoms. The molecule has 4 heteroatoms. The van der Waals surface area contributed by atoms with Crippen molar-refractivity contribution in [3.05, 3.63) is 33.7 Å². The largest absolute Gasteiger partial charge is 0.478 e. The number of carboxylic acid groups (broad SMARTS) is 1. The smallest absolute Gasteiger partial charge is 0.337 e. The molecular formula is C8H8INO2. The number of carboxylic acids is 1. The first-order valence-corrected chi connectivity index (χ1v) is 4.34. The van der Waals surface area contributed by atoms with E-state index in [2.05, 4.69) is 29.2 Å². The lowest BCUT2D eigenvalue weighted by Crippen LogP contribution is -2.16. The molecule has 1 aliphatic heterocycles. The number of nitrogens with zero attached hydrogens (tertiary/aromatic N) is 1. The van der Waals surface area contributed by atoms with Crippen LogP contribution in [0.4, 0.5) is 0 Å². The molecular weight excluding hydrogens is 269 g/mol. The highest BCUT2D eigenvalue weighted by Crippen LogP contribution is 2.25. The molecule has 1 aliphatic rings. The summed E-state index contributed by atoms with van der Waals surface area (Å²) in [5.41, 5.74) is 1.11. The second-order valence-electron chi connectivity index (χ2n) is 2.44. The summed E-state index contributed by atoms with van der Waals surface area (Å²) in [6.45, 7) is 3.78. The van der Waals surface area contributed by atoms with E-state index in [0.29, 0.717) is 0 Å². The van der Waals surface area contributed by atoms with Gasteiger partial charge >= 0.3 is 5.97 Å². The van der Waals surface area contributed by atoms with E-state index in [9.17, 15) is 4.79 Å². The van der Waals surface area contributed by atoms with Crippen LogP contribution in [0, 0.1) is 0 Å². The van der Waals surface area contributed by atoms with Gasteiger partial charge in [0.25, 0.3) is 0 Å². The second-order valence-corrected chi connectivity index (χ2v) is 3.60. The van der Waals surface area contributed by atoms with Crippen LogP contribution >= 0.6 is 22.6 Å². The Balaban J connectivity index is 3.03. The Bertz CT molecular complexity index is 304. The lowest BCUT2D eigenvalue weighted by Gasteiger charge is -2.21. The molecule has 0 bridgehead atoms. The third-order valence-corrected chi connectivity index (χ3v) is 2.50. The van der Waals surface area contributed by atoms with Crippen LogP contribution in [0.15, 0.2) is 33.7 Å². The number of rotatable bonds is 1. The first kappa shape index (κ1) is 9.31. The van der Waals surface area contributed by atoms with Crippen molar-refractivity contribution in [1.29, 1.82) is 0 Å². The number of allylic oxidation sites excluding steroid dienone is 1. The fourth-order valence-electron chi connectivity index (χ4n) is 0.829. The average Bonchev–Trinajstić information content (AvgIpc) is 1.99. The van der Waals surface area contributed by atoms with Crippen LogP contribution in [0.25, 0.3) is 0 Å². The molecule has 1 N–H and O–H groups in total. The van der Waals surface area contributed by atoms with Crippen molar-refractivity contribution in [3.63, 3.8) is 0 Å². The molecule has 0 radical (unpaired) electrons. The fraction of sp³-hybridized carbons (Fsp3) is 0.125. The van der Waals surface area contributed by atoms with Gasteiger partial charge < -0.3 is 10.0 Å². The maximum Gasteiger partial charge on any atom is 0.337 e. The number of hydrogen-bond acceptors (Lipinski definition) is 2. The summed E-state index contributed by atoms with van der Waals surface area (Å²) in [5.74, 6) is -0.913. The van der Waals surface area contributed by atoms with Crippen molar-refractivity contribution >= 4 is 28.6 Å².